The Kier molecular flexibility index (Phi) is 5.08. The lowest BCUT2D eigenvalue weighted by molar-refractivity contribution is -0.123. The van der Waals surface area contributed by atoms with E-state index in [1.165, 1.54) is 12.1 Å². The molecule has 126 valence electrons. The zero-order valence-corrected chi connectivity index (χ0v) is 13.4. The smallest absolute Gasteiger partial charge is 0.238 e. The molecule has 0 aromatic heterocycles. The molecule has 0 bridgehead atoms. The largest absolute Gasteiger partial charge is 0.497 e. The van der Waals surface area contributed by atoms with Gasteiger partial charge in [-0.3, -0.25) is 4.79 Å². The molecule has 1 aliphatic rings. The molecule has 0 spiro atoms. The van der Waals surface area contributed by atoms with Crippen molar-refractivity contribution in [2.75, 3.05) is 7.11 Å². The molecular formula is C18H20FN3O2. The number of nitrogens with one attached hydrogen (secondary N) is 3. The summed E-state index contributed by atoms with van der Waals surface area (Å²) in [6.07, 6.45) is 0.641. The highest BCUT2D eigenvalue weighted by molar-refractivity contribution is 5.82. The van der Waals surface area contributed by atoms with Crippen molar-refractivity contribution in [3.05, 3.63) is 65.5 Å². The number of carbonyl (C=O) groups is 1. The Morgan fingerprint density at radius 2 is 2.04 bits per heavy atom. The zero-order chi connectivity index (χ0) is 16.9. The molecule has 1 fully saturated rings. The van der Waals surface area contributed by atoms with Crippen molar-refractivity contribution in [3.8, 4) is 5.75 Å². The lowest BCUT2D eigenvalue weighted by atomic mass is 10.0. The number of carbonyl (C=O) groups excluding carboxylic acids is 1. The van der Waals surface area contributed by atoms with Gasteiger partial charge in [-0.15, -0.1) is 0 Å². The fourth-order valence-electron chi connectivity index (χ4n) is 2.72. The second-order valence-electron chi connectivity index (χ2n) is 5.75. The second-order valence-corrected chi connectivity index (χ2v) is 5.75. The van der Waals surface area contributed by atoms with E-state index in [9.17, 15) is 9.18 Å². The molecule has 1 aliphatic heterocycles. The second kappa shape index (κ2) is 7.42. The van der Waals surface area contributed by atoms with Gasteiger partial charge in [-0.1, -0.05) is 24.3 Å². The summed E-state index contributed by atoms with van der Waals surface area (Å²) in [6, 6.07) is 13.6. The summed E-state index contributed by atoms with van der Waals surface area (Å²) in [5.74, 6) is 0.420. The molecule has 2 atom stereocenters. The molecule has 3 rings (SSSR count). The normalized spacial score (nSPS) is 19.9. The molecule has 1 heterocycles. The van der Waals surface area contributed by atoms with E-state index in [0.29, 0.717) is 13.0 Å². The molecule has 1 saturated heterocycles. The van der Waals surface area contributed by atoms with Gasteiger partial charge in [0.25, 0.3) is 0 Å². The van der Waals surface area contributed by atoms with Gasteiger partial charge in [-0.2, -0.15) is 0 Å². The van der Waals surface area contributed by atoms with Crippen LogP contribution < -0.4 is 20.9 Å². The van der Waals surface area contributed by atoms with Crippen LogP contribution in [0.2, 0.25) is 0 Å². The van der Waals surface area contributed by atoms with Gasteiger partial charge in [-0.05, 0) is 41.8 Å². The van der Waals surface area contributed by atoms with Crippen molar-refractivity contribution >= 4 is 5.91 Å². The summed E-state index contributed by atoms with van der Waals surface area (Å²) in [7, 11) is 1.63. The first-order valence-corrected chi connectivity index (χ1v) is 7.83. The van der Waals surface area contributed by atoms with Crippen molar-refractivity contribution < 1.29 is 13.9 Å². The minimum Gasteiger partial charge on any atom is -0.497 e. The molecular weight excluding hydrogens is 309 g/mol. The van der Waals surface area contributed by atoms with Crippen molar-refractivity contribution in [2.45, 2.75) is 25.0 Å². The Morgan fingerprint density at radius 3 is 2.79 bits per heavy atom. The summed E-state index contributed by atoms with van der Waals surface area (Å²) in [5.41, 5.74) is 8.10. The summed E-state index contributed by atoms with van der Waals surface area (Å²) in [4.78, 5) is 12.3. The summed E-state index contributed by atoms with van der Waals surface area (Å²) >= 11 is 0. The molecule has 2 aromatic carbocycles. The van der Waals surface area contributed by atoms with E-state index >= 15 is 0 Å². The lowest BCUT2D eigenvalue weighted by Gasteiger charge is -2.11. The van der Waals surface area contributed by atoms with Gasteiger partial charge in [0.1, 0.15) is 17.6 Å². The van der Waals surface area contributed by atoms with Crippen LogP contribution in [0.25, 0.3) is 0 Å². The number of hydrogen-bond acceptors (Lipinski definition) is 4. The maximum Gasteiger partial charge on any atom is 0.238 e. The van der Waals surface area contributed by atoms with Gasteiger partial charge in [-0.25, -0.2) is 15.2 Å². The minimum atomic E-state index is -0.318. The van der Waals surface area contributed by atoms with E-state index in [1.807, 2.05) is 24.3 Å². The Bertz CT molecular complexity index is 706. The first kappa shape index (κ1) is 16.4. The standard InChI is InChI=1S/C18H20FN3O2/c1-24-15-4-2-3-13(9-15)16-10-17(22-21-16)18(23)20-11-12-5-7-14(19)8-6-12/h2-9,16-17,21-22H,10-11H2,1H3,(H,20,23). The Labute approximate surface area is 140 Å². The molecule has 3 N–H and O–H groups in total. The number of hydrazine groups is 1. The maximum atomic E-state index is 12.9. The third-order valence-electron chi connectivity index (χ3n) is 4.10. The van der Waals surface area contributed by atoms with Crippen LogP contribution in [-0.2, 0) is 11.3 Å². The number of ether oxygens (including phenoxy) is 1. The quantitative estimate of drug-likeness (QED) is 0.786. The van der Waals surface area contributed by atoms with E-state index in [4.69, 9.17) is 4.74 Å². The third-order valence-corrected chi connectivity index (χ3v) is 4.10. The Hall–Kier alpha value is -2.44. The molecule has 0 aliphatic carbocycles. The number of benzene rings is 2. The van der Waals surface area contributed by atoms with Crippen molar-refractivity contribution in [1.29, 1.82) is 0 Å². The number of hydrogen-bond donors (Lipinski definition) is 3. The predicted molar refractivity (Wildman–Crippen MR) is 88.7 cm³/mol. The van der Waals surface area contributed by atoms with E-state index in [2.05, 4.69) is 16.2 Å². The third kappa shape index (κ3) is 3.90. The first-order valence-electron chi connectivity index (χ1n) is 7.83. The molecule has 6 heteroatoms. The molecule has 0 radical (unpaired) electrons. The monoisotopic (exact) mass is 329 g/mol. The van der Waals surface area contributed by atoms with Crippen LogP contribution in [-0.4, -0.2) is 19.1 Å². The van der Waals surface area contributed by atoms with Gasteiger partial charge in [0.2, 0.25) is 5.91 Å². The van der Waals surface area contributed by atoms with E-state index in [1.54, 1.807) is 19.2 Å². The SMILES string of the molecule is COc1cccc(C2CC(C(=O)NCc3ccc(F)cc3)NN2)c1. The van der Waals surface area contributed by atoms with Crippen LogP contribution in [0.3, 0.4) is 0 Å². The fraction of sp³-hybridized carbons (Fsp3) is 0.278. The number of methoxy groups -OCH3 is 1. The Morgan fingerprint density at radius 1 is 1.25 bits per heavy atom. The van der Waals surface area contributed by atoms with E-state index < -0.39 is 0 Å². The van der Waals surface area contributed by atoms with Gasteiger partial charge < -0.3 is 10.1 Å². The fourth-order valence-corrected chi connectivity index (χ4v) is 2.72. The summed E-state index contributed by atoms with van der Waals surface area (Å²) < 4.78 is 18.1. The van der Waals surface area contributed by atoms with Crippen molar-refractivity contribution in [3.63, 3.8) is 0 Å². The van der Waals surface area contributed by atoms with E-state index in [0.717, 1.165) is 16.9 Å². The summed E-state index contributed by atoms with van der Waals surface area (Å²) in [5, 5.41) is 2.87. The van der Waals surface area contributed by atoms with Gasteiger partial charge in [0.15, 0.2) is 0 Å². The average Bonchev–Trinajstić information content (AvgIpc) is 3.11. The van der Waals surface area contributed by atoms with Gasteiger partial charge in [0, 0.05) is 12.6 Å². The lowest BCUT2D eigenvalue weighted by Crippen LogP contribution is -2.42. The van der Waals surface area contributed by atoms with Crippen LogP contribution in [0.5, 0.6) is 5.75 Å². The minimum absolute atomic E-state index is 0.0432. The van der Waals surface area contributed by atoms with Gasteiger partial charge in [0.05, 0.1) is 7.11 Å². The number of rotatable bonds is 5. The maximum absolute atomic E-state index is 12.9. The highest BCUT2D eigenvalue weighted by atomic mass is 19.1. The number of amides is 1. The summed E-state index contributed by atoms with van der Waals surface area (Å²) in [6.45, 7) is 0.376. The van der Waals surface area contributed by atoms with Gasteiger partial charge >= 0.3 is 0 Å². The van der Waals surface area contributed by atoms with Crippen LogP contribution in [0.1, 0.15) is 23.6 Å². The van der Waals surface area contributed by atoms with Crippen LogP contribution in [0, 0.1) is 5.82 Å². The van der Waals surface area contributed by atoms with E-state index in [-0.39, 0.29) is 23.8 Å². The van der Waals surface area contributed by atoms with Crippen molar-refractivity contribution in [2.24, 2.45) is 0 Å². The molecule has 0 saturated carbocycles. The number of halogens is 1. The van der Waals surface area contributed by atoms with Crippen LogP contribution >= 0.6 is 0 Å². The molecule has 24 heavy (non-hydrogen) atoms. The first-order chi connectivity index (χ1) is 11.7. The average molecular weight is 329 g/mol. The van der Waals surface area contributed by atoms with Crippen LogP contribution in [0.15, 0.2) is 48.5 Å². The van der Waals surface area contributed by atoms with Crippen LogP contribution in [0.4, 0.5) is 4.39 Å². The predicted octanol–water partition coefficient (Wildman–Crippen LogP) is 2.06. The Balaban J connectivity index is 1.54. The molecule has 1 amide bonds. The molecule has 2 unspecified atom stereocenters. The molecule has 5 nitrogen and oxygen atoms in total. The highest BCUT2D eigenvalue weighted by Crippen LogP contribution is 2.25. The molecule has 2 aromatic rings. The zero-order valence-electron chi connectivity index (χ0n) is 13.4. The topological polar surface area (TPSA) is 62.4 Å². The highest BCUT2D eigenvalue weighted by Gasteiger charge is 2.30. The van der Waals surface area contributed by atoms with Crippen molar-refractivity contribution in [1.82, 2.24) is 16.2 Å².